The summed E-state index contributed by atoms with van der Waals surface area (Å²) in [5.74, 6) is -0.691. The van der Waals surface area contributed by atoms with Crippen molar-refractivity contribution >= 4 is 17.5 Å². The molecule has 0 fully saturated rings. The van der Waals surface area contributed by atoms with Gasteiger partial charge in [-0.05, 0) is 19.1 Å². The minimum atomic E-state index is -4.51. The van der Waals surface area contributed by atoms with E-state index in [0.29, 0.717) is 5.69 Å². The Morgan fingerprint density at radius 2 is 2.08 bits per heavy atom. The van der Waals surface area contributed by atoms with Crippen LogP contribution in [0.25, 0.3) is 0 Å². The fourth-order valence-corrected chi connectivity index (χ4v) is 2.33. The number of hydrogen-bond acceptors (Lipinski definition) is 3. The number of aliphatic hydroxyl groups is 1. The summed E-state index contributed by atoms with van der Waals surface area (Å²) in [6.45, 7) is 1.55. The molecule has 2 N–H and O–H groups in total. The maximum absolute atomic E-state index is 12.6. The number of rotatable bonds is 5. The molecule has 5 nitrogen and oxygen atoms in total. The molecule has 0 saturated heterocycles. The molecular weight excluding hydrogens is 347 g/mol. The fraction of sp³-hybridized carbons (Fsp3) is 0.333. The Hall–Kier alpha value is -2.06. The summed E-state index contributed by atoms with van der Waals surface area (Å²) in [7, 11) is 0. The third-order valence-electron chi connectivity index (χ3n) is 3.34. The van der Waals surface area contributed by atoms with Crippen LogP contribution in [0.1, 0.15) is 23.1 Å². The first-order chi connectivity index (χ1) is 11.2. The predicted molar refractivity (Wildman–Crippen MR) is 81.4 cm³/mol. The molecule has 1 atom stereocenters. The molecule has 0 spiro atoms. The number of carbonyl (C=O) groups excluding carboxylic acids is 1. The molecule has 24 heavy (non-hydrogen) atoms. The Morgan fingerprint density at radius 1 is 1.42 bits per heavy atom. The van der Waals surface area contributed by atoms with E-state index in [9.17, 15) is 23.1 Å². The van der Waals surface area contributed by atoms with Gasteiger partial charge in [0.15, 0.2) is 11.8 Å². The molecule has 0 aliphatic carbocycles. The summed E-state index contributed by atoms with van der Waals surface area (Å²) in [6.07, 6.45) is -5.97. The van der Waals surface area contributed by atoms with E-state index in [2.05, 4.69) is 10.4 Å². The summed E-state index contributed by atoms with van der Waals surface area (Å²) < 4.78 is 38.9. The lowest BCUT2D eigenvalue weighted by Crippen LogP contribution is -2.32. The van der Waals surface area contributed by atoms with Crippen LogP contribution >= 0.6 is 11.6 Å². The summed E-state index contributed by atoms with van der Waals surface area (Å²) in [4.78, 5) is 11.9. The van der Waals surface area contributed by atoms with Gasteiger partial charge in [0.2, 0.25) is 0 Å². The van der Waals surface area contributed by atoms with Crippen molar-refractivity contribution < 1.29 is 23.1 Å². The van der Waals surface area contributed by atoms with Crippen LogP contribution in [0, 0.1) is 6.92 Å². The summed E-state index contributed by atoms with van der Waals surface area (Å²) in [5, 5.41) is 16.1. The third-order valence-corrected chi connectivity index (χ3v) is 3.69. The average Bonchev–Trinajstić information content (AvgIpc) is 2.88. The monoisotopic (exact) mass is 361 g/mol. The number of alkyl halides is 3. The van der Waals surface area contributed by atoms with Gasteiger partial charge in [0.25, 0.3) is 5.91 Å². The van der Waals surface area contributed by atoms with Crippen LogP contribution in [-0.4, -0.2) is 27.3 Å². The highest BCUT2D eigenvalue weighted by atomic mass is 35.5. The first-order valence-corrected chi connectivity index (χ1v) is 7.40. The summed E-state index contributed by atoms with van der Waals surface area (Å²) in [6, 6.07) is 7.28. The molecule has 2 aromatic rings. The van der Waals surface area contributed by atoms with Gasteiger partial charge in [-0.1, -0.05) is 29.8 Å². The Morgan fingerprint density at radius 3 is 2.67 bits per heavy atom. The van der Waals surface area contributed by atoms with Gasteiger partial charge in [-0.15, -0.1) is 0 Å². The maximum atomic E-state index is 12.6. The van der Waals surface area contributed by atoms with Crippen LogP contribution in [-0.2, 0) is 17.5 Å². The van der Waals surface area contributed by atoms with E-state index in [1.165, 1.54) is 13.0 Å². The fourth-order valence-electron chi connectivity index (χ4n) is 2.09. The molecule has 0 aliphatic rings. The molecule has 1 unspecified atom stereocenters. The second-order valence-corrected chi connectivity index (χ2v) is 5.51. The van der Waals surface area contributed by atoms with Gasteiger partial charge >= 0.3 is 6.18 Å². The summed E-state index contributed by atoms with van der Waals surface area (Å²) >= 11 is 5.90. The minimum Gasteiger partial charge on any atom is -0.378 e. The standard InChI is InChI=1S/C15H15ClF3N3O2/c1-9-8-12(15(17,18)19)21-22(9)7-6-20-14(24)13(23)10-4-2-3-5-11(10)16/h2-5,8,13,23H,6-7H2,1H3,(H,20,24). The number of hydrogen-bond donors (Lipinski definition) is 2. The third kappa shape index (κ3) is 4.27. The molecule has 2 rings (SSSR count). The van der Waals surface area contributed by atoms with E-state index in [-0.39, 0.29) is 23.7 Å². The number of nitrogens with zero attached hydrogens (tertiary/aromatic N) is 2. The van der Waals surface area contributed by atoms with E-state index < -0.39 is 23.9 Å². The van der Waals surface area contributed by atoms with Gasteiger partial charge < -0.3 is 10.4 Å². The molecule has 1 aromatic heterocycles. The number of aromatic nitrogens is 2. The number of aliphatic hydroxyl groups excluding tert-OH is 1. The van der Waals surface area contributed by atoms with Crippen LogP contribution in [0.5, 0.6) is 0 Å². The normalized spacial score (nSPS) is 12.9. The largest absolute Gasteiger partial charge is 0.435 e. The van der Waals surface area contributed by atoms with Crippen molar-refractivity contribution in [2.45, 2.75) is 25.7 Å². The lowest BCUT2D eigenvalue weighted by Gasteiger charge is -2.13. The van der Waals surface area contributed by atoms with Crippen molar-refractivity contribution in [2.24, 2.45) is 0 Å². The highest BCUT2D eigenvalue weighted by Gasteiger charge is 2.34. The van der Waals surface area contributed by atoms with E-state index in [4.69, 9.17) is 11.6 Å². The number of amides is 1. The molecule has 9 heteroatoms. The second kappa shape index (κ2) is 7.23. The smallest absolute Gasteiger partial charge is 0.378 e. The van der Waals surface area contributed by atoms with E-state index in [1.54, 1.807) is 18.2 Å². The zero-order chi connectivity index (χ0) is 17.9. The first kappa shape index (κ1) is 18.3. The number of nitrogens with one attached hydrogen (secondary N) is 1. The molecule has 1 amide bonds. The van der Waals surface area contributed by atoms with Gasteiger partial charge in [-0.25, -0.2) is 0 Å². The van der Waals surface area contributed by atoms with Gasteiger partial charge in [0.1, 0.15) is 0 Å². The van der Waals surface area contributed by atoms with E-state index >= 15 is 0 Å². The highest BCUT2D eigenvalue weighted by molar-refractivity contribution is 6.31. The Kier molecular flexibility index (Phi) is 5.51. The Balaban J connectivity index is 1.94. The van der Waals surface area contributed by atoms with Crippen molar-refractivity contribution in [2.75, 3.05) is 6.54 Å². The zero-order valence-corrected chi connectivity index (χ0v) is 13.4. The Labute approximate surface area is 141 Å². The van der Waals surface area contributed by atoms with Gasteiger partial charge in [-0.3, -0.25) is 9.48 Å². The van der Waals surface area contributed by atoms with Crippen molar-refractivity contribution in [3.63, 3.8) is 0 Å². The molecule has 1 aromatic carbocycles. The Bertz CT molecular complexity index is 731. The van der Waals surface area contributed by atoms with E-state index in [0.717, 1.165) is 10.7 Å². The SMILES string of the molecule is Cc1cc(C(F)(F)F)nn1CCNC(=O)C(O)c1ccccc1Cl. The van der Waals surface area contributed by atoms with Crippen LogP contribution in [0.3, 0.4) is 0 Å². The molecule has 0 radical (unpaired) electrons. The van der Waals surface area contributed by atoms with Crippen molar-refractivity contribution in [3.8, 4) is 0 Å². The molecule has 0 bridgehead atoms. The zero-order valence-electron chi connectivity index (χ0n) is 12.6. The van der Waals surface area contributed by atoms with Gasteiger partial charge in [0, 0.05) is 22.8 Å². The van der Waals surface area contributed by atoms with Crippen LogP contribution in [0.4, 0.5) is 13.2 Å². The molecule has 130 valence electrons. The van der Waals surface area contributed by atoms with Crippen molar-refractivity contribution in [1.29, 1.82) is 0 Å². The molecule has 0 saturated carbocycles. The van der Waals surface area contributed by atoms with Crippen LogP contribution in [0.2, 0.25) is 5.02 Å². The lowest BCUT2D eigenvalue weighted by molar-refractivity contribution is -0.141. The molecule has 1 heterocycles. The average molecular weight is 362 g/mol. The van der Waals surface area contributed by atoms with Crippen molar-refractivity contribution in [3.05, 3.63) is 52.3 Å². The lowest BCUT2D eigenvalue weighted by atomic mass is 10.1. The topological polar surface area (TPSA) is 67.2 Å². The van der Waals surface area contributed by atoms with Crippen molar-refractivity contribution in [1.82, 2.24) is 15.1 Å². The first-order valence-electron chi connectivity index (χ1n) is 7.02. The van der Waals surface area contributed by atoms with Gasteiger partial charge in [-0.2, -0.15) is 18.3 Å². The number of halogens is 4. The number of carbonyl (C=O) groups is 1. The minimum absolute atomic E-state index is 0.0141. The van der Waals surface area contributed by atoms with Crippen LogP contribution < -0.4 is 5.32 Å². The maximum Gasteiger partial charge on any atom is 0.435 e. The second-order valence-electron chi connectivity index (χ2n) is 5.11. The van der Waals surface area contributed by atoms with E-state index in [1.807, 2.05) is 0 Å². The summed E-state index contributed by atoms with van der Waals surface area (Å²) in [5.41, 5.74) is -0.406. The molecule has 0 aliphatic heterocycles. The number of benzene rings is 1. The van der Waals surface area contributed by atoms with Gasteiger partial charge in [0.05, 0.1) is 6.54 Å². The highest BCUT2D eigenvalue weighted by Crippen LogP contribution is 2.28. The quantitative estimate of drug-likeness (QED) is 0.860. The molecular formula is C15H15ClF3N3O2. The predicted octanol–water partition coefficient (Wildman–Crippen LogP) is 2.71. The number of aryl methyl sites for hydroxylation is 1. The van der Waals surface area contributed by atoms with Crippen LogP contribution in [0.15, 0.2) is 30.3 Å².